The first-order chi connectivity index (χ1) is 8.76. The fraction of sp³-hybridized carbons (Fsp3) is 0.571. The second-order valence-electron chi connectivity index (χ2n) is 5.77. The Kier molecular flexibility index (Phi) is 3.39. The summed E-state index contributed by atoms with van der Waals surface area (Å²) >= 11 is 0. The minimum atomic E-state index is -0.509. The van der Waals surface area contributed by atoms with Gasteiger partial charge in [-0.05, 0) is 38.8 Å². The van der Waals surface area contributed by atoms with Gasteiger partial charge in [-0.2, -0.15) is 0 Å². The van der Waals surface area contributed by atoms with E-state index in [1.807, 2.05) is 20.8 Å². The zero-order valence-corrected chi connectivity index (χ0v) is 11.8. The Bertz CT molecular complexity index is 510. The van der Waals surface area contributed by atoms with Gasteiger partial charge in [-0.3, -0.25) is 4.79 Å². The second kappa shape index (κ2) is 4.72. The standard InChI is InChI=1S/C14H19NO4/c1-9(16)11-7-10-5-6-15(8-12(10)18-11)13(17)19-14(2,3)4/h7H,5-6,8H2,1-4H3. The van der Waals surface area contributed by atoms with Crippen molar-refractivity contribution in [3.05, 3.63) is 23.2 Å². The number of hydrogen-bond acceptors (Lipinski definition) is 4. The molecule has 0 radical (unpaired) electrons. The van der Waals surface area contributed by atoms with Gasteiger partial charge in [0.2, 0.25) is 0 Å². The molecule has 0 spiro atoms. The average Bonchev–Trinajstić information content (AvgIpc) is 2.69. The maximum absolute atomic E-state index is 12.0. The van der Waals surface area contributed by atoms with Crippen LogP contribution < -0.4 is 0 Å². The summed E-state index contributed by atoms with van der Waals surface area (Å²) in [6.07, 6.45) is 0.338. The predicted molar refractivity (Wildman–Crippen MR) is 69.1 cm³/mol. The van der Waals surface area contributed by atoms with Gasteiger partial charge in [0.15, 0.2) is 11.5 Å². The molecule has 1 aromatic heterocycles. The van der Waals surface area contributed by atoms with Gasteiger partial charge >= 0.3 is 6.09 Å². The molecular formula is C14H19NO4. The summed E-state index contributed by atoms with van der Waals surface area (Å²) in [6, 6.07) is 1.77. The summed E-state index contributed by atoms with van der Waals surface area (Å²) in [5.41, 5.74) is 0.496. The molecule has 2 heterocycles. The van der Waals surface area contributed by atoms with E-state index in [0.717, 1.165) is 5.56 Å². The third-order valence-electron chi connectivity index (χ3n) is 2.88. The minimum Gasteiger partial charge on any atom is -0.456 e. The summed E-state index contributed by atoms with van der Waals surface area (Å²) in [5, 5.41) is 0. The first kappa shape index (κ1) is 13.6. The molecule has 0 bridgehead atoms. The van der Waals surface area contributed by atoms with Gasteiger partial charge in [0.05, 0.1) is 6.54 Å². The number of rotatable bonds is 1. The zero-order valence-electron chi connectivity index (χ0n) is 11.8. The van der Waals surface area contributed by atoms with Crippen LogP contribution in [0, 0.1) is 0 Å². The highest BCUT2D eigenvalue weighted by Crippen LogP contribution is 2.24. The quantitative estimate of drug-likeness (QED) is 0.732. The van der Waals surface area contributed by atoms with Gasteiger partial charge in [0.1, 0.15) is 11.4 Å². The predicted octanol–water partition coefficient (Wildman–Crippen LogP) is 2.78. The highest BCUT2D eigenvalue weighted by atomic mass is 16.6. The van der Waals surface area contributed by atoms with Crippen LogP contribution in [-0.4, -0.2) is 28.9 Å². The van der Waals surface area contributed by atoms with E-state index in [1.54, 1.807) is 11.0 Å². The molecule has 0 unspecified atom stereocenters. The van der Waals surface area contributed by atoms with Crippen molar-refractivity contribution in [2.45, 2.75) is 46.3 Å². The number of carbonyl (C=O) groups is 2. The van der Waals surface area contributed by atoms with E-state index in [-0.39, 0.29) is 11.9 Å². The lowest BCUT2D eigenvalue weighted by molar-refractivity contribution is 0.0209. The van der Waals surface area contributed by atoms with Crippen molar-refractivity contribution in [3.63, 3.8) is 0 Å². The number of ether oxygens (including phenoxy) is 1. The largest absolute Gasteiger partial charge is 0.456 e. The van der Waals surface area contributed by atoms with Crippen LogP contribution in [0.3, 0.4) is 0 Å². The maximum Gasteiger partial charge on any atom is 0.410 e. The smallest absolute Gasteiger partial charge is 0.410 e. The van der Waals surface area contributed by atoms with Crippen LogP contribution in [0.15, 0.2) is 10.5 Å². The van der Waals surface area contributed by atoms with E-state index in [9.17, 15) is 9.59 Å². The Labute approximate surface area is 112 Å². The lowest BCUT2D eigenvalue weighted by atomic mass is 10.1. The Balaban J connectivity index is 2.09. The Morgan fingerprint density at radius 1 is 1.37 bits per heavy atom. The topological polar surface area (TPSA) is 59.8 Å². The van der Waals surface area contributed by atoms with Crippen LogP contribution in [0.25, 0.3) is 0 Å². The van der Waals surface area contributed by atoms with Crippen molar-refractivity contribution >= 4 is 11.9 Å². The van der Waals surface area contributed by atoms with Gasteiger partial charge in [0.25, 0.3) is 0 Å². The third kappa shape index (κ3) is 3.16. The van der Waals surface area contributed by atoms with Gasteiger partial charge < -0.3 is 14.1 Å². The molecule has 5 heteroatoms. The van der Waals surface area contributed by atoms with E-state index in [2.05, 4.69) is 0 Å². The fourth-order valence-corrected chi connectivity index (χ4v) is 1.98. The van der Waals surface area contributed by atoms with E-state index in [0.29, 0.717) is 31.0 Å². The maximum atomic E-state index is 12.0. The highest BCUT2D eigenvalue weighted by molar-refractivity contribution is 5.91. The van der Waals surface area contributed by atoms with Crippen LogP contribution >= 0.6 is 0 Å². The van der Waals surface area contributed by atoms with Gasteiger partial charge in [0, 0.05) is 13.5 Å². The van der Waals surface area contributed by atoms with Crippen LogP contribution in [0.1, 0.15) is 49.6 Å². The molecule has 0 saturated carbocycles. The minimum absolute atomic E-state index is 0.0989. The molecular weight excluding hydrogens is 246 g/mol. The number of fused-ring (bicyclic) bond motifs is 1. The second-order valence-corrected chi connectivity index (χ2v) is 5.77. The number of Topliss-reactive ketones (excluding diaryl/α,β-unsaturated/α-hetero) is 1. The van der Waals surface area contributed by atoms with E-state index in [1.165, 1.54) is 6.92 Å². The highest BCUT2D eigenvalue weighted by Gasteiger charge is 2.28. The molecule has 0 aromatic carbocycles. The van der Waals surface area contributed by atoms with Crippen LogP contribution in [-0.2, 0) is 17.7 Å². The van der Waals surface area contributed by atoms with Crippen molar-refractivity contribution in [1.29, 1.82) is 0 Å². The molecule has 0 aliphatic carbocycles. The van der Waals surface area contributed by atoms with Gasteiger partial charge in [-0.15, -0.1) is 0 Å². The van der Waals surface area contributed by atoms with Crippen molar-refractivity contribution in [1.82, 2.24) is 4.90 Å². The summed E-state index contributed by atoms with van der Waals surface area (Å²) in [6.45, 7) is 7.91. The van der Waals surface area contributed by atoms with Crippen LogP contribution in [0.5, 0.6) is 0 Å². The van der Waals surface area contributed by atoms with Gasteiger partial charge in [-0.25, -0.2) is 4.79 Å². The third-order valence-corrected chi connectivity index (χ3v) is 2.88. The molecule has 5 nitrogen and oxygen atoms in total. The SMILES string of the molecule is CC(=O)c1cc2c(o1)CN(C(=O)OC(C)(C)C)CC2. The normalized spacial score (nSPS) is 15.1. The Morgan fingerprint density at radius 3 is 2.63 bits per heavy atom. The molecule has 1 amide bonds. The Hall–Kier alpha value is -1.78. The number of ketones is 1. The zero-order chi connectivity index (χ0) is 14.2. The molecule has 19 heavy (non-hydrogen) atoms. The van der Waals surface area contributed by atoms with E-state index in [4.69, 9.17) is 9.15 Å². The summed E-state index contributed by atoms with van der Waals surface area (Å²) in [7, 11) is 0. The number of nitrogens with zero attached hydrogens (tertiary/aromatic N) is 1. The monoisotopic (exact) mass is 265 g/mol. The van der Waals surface area contributed by atoms with E-state index >= 15 is 0 Å². The lowest BCUT2D eigenvalue weighted by Gasteiger charge is -2.29. The molecule has 1 aliphatic heterocycles. The summed E-state index contributed by atoms with van der Waals surface area (Å²) in [4.78, 5) is 24.8. The number of carbonyl (C=O) groups excluding carboxylic acids is 2. The van der Waals surface area contributed by atoms with Crippen LogP contribution in [0.2, 0.25) is 0 Å². The van der Waals surface area contributed by atoms with Crippen LogP contribution in [0.4, 0.5) is 4.79 Å². The first-order valence-corrected chi connectivity index (χ1v) is 6.37. The van der Waals surface area contributed by atoms with Crippen molar-refractivity contribution in [2.75, 3.05) is 6.54 Å². The summed E-state index contributed by atoms with van der Waals surface area (Å²) in [5.74, 6) is 0.941. The number of furan rings is 1. The van der Waals surface area contributed by atoms with E-state index < -0.39 is 5.60 Å². The lowest BCUT2D eigenvalue weighted by Crippen LogP contribution is -2.39. The van der Waals surface area contributed by atoms with Gasteiger partial charge in [-0.1, -0.05) is 0 Å². The number of amides is 1. The molecule has 0 N–H and O–H groups in total. The molecule has 1 aliphatic rings. The molecule has 104 valence electrons. The first-order valence-electron chi connectivity index (χ1n) is 6.37. The molecule has 0 atom stereocenters. The fourth-order valence-electron chi connectivity index (χ4n) is 1.98. The molecule has 0 fully saturated rings. The van der Waals surface area contributed by atoms with Crippen molar-refractivity contribution < 1.29 is 18.7 Å². The molecule has 2 rings (SSSR count). The Morgan fingerprint density at radius 2 is 2.05 bits per heavy atom. The molecule has 1 aromatic rings. The summed E-state index contributed by atoms with van der Waals surface area (Å²) < 4.78 is 10.8. The number of hydrogen-bond donors (Lipinski definition) is 0. The molecule has 0 saturated heterocycles. The van der Waals surface area contributed by atoms with Crippen molar-refractivity contribution in [3.8, 4) is 0 Å². The average molecular weight is 265 g/mol. The van der Waals surface area contributed by atoms with Crippen molar-refractivity contribution in [2.24, 2.45) is 0 Å².